The van der Waals surface area contributed by atoms with E-state index in [4.69, 9.17) is 10.5 Å². The second-order valence-corrected chi connectivity index (χ2v) is 4.87. The van der Waals surface area contributed by atoms with Gasteiger partial charge in [0.25, 0.3) is 5.91 Å². The Balaban J connectivity index is 1.93. The summed E-state index contributed by atoms with van der Waals surface area (Å²) in [6.45, 7) is 3.53. The van der Waals surface area contributed by atoms with Gasteiger partial charge in [-0.15, -0.1) is 0 Å². The Morgan fingerprint density at radius 2 is 2.26 bits per heavy atom. The summed E-state index contributed by atoms with van der Waals surface area (Å²) < 4.78 is 5.66. The SMILES string of the molecule is CCc1ccccc1OCC(=O)N1CCCC1CN. The summed E-state index contributed by atoms with van der Waals surface area (Å²) in [6.07, 6.45) is 2.95. The third-order valence-corrected chi connectivity index (χ3v) is 3.67. The molecule has 0 spiro atoms. The molecule has 104 valence electrons. The van der Waals surface area contributed by atoms with E-state index in [1.165, 1.54) is 0 Å². The predicted octanol–water partition coefficient (Wildman–Crippen LogP) is 1.58. The van der Waals surface area contributed by atoms with Gasteiger partial charge >= 0.3 is 0 Å². The molecule has 1 saturated heterocycles. The summed E-state index contributed by atoms with van der Waals surface area (Å²) in [7, 11) is 0. The lowest BCUT2D eigenvalue weighted by atomic mass is 10.1. The first kappa shape index (κ1) is 13.9. The van der Waals surface area contributed by atoms with Gasteiger partial charge in [-0.3, -0.25) is 4.79 Å². The van der Waals surface area contributed by atoms with Crippen molar-refractivity contribution in [3.8, 4) is 5.75 Å². The molecule has 19 heavy (non-hydrogen) atoms. The zero-order chi connectivity index (χ0) is 13.7. The maximum Gasteiger partial charge on any atom is 0.260 e. The third kappa shape index (κ3) is 3.26. The number of likely N-dealkylation sites (tertiary alicyclic amines) is 1. The van der Waals surface area contributed by atoms with Crippen LogP contribution < -0.4 is 10.5 Å². The zero-order valence-electron chi connectivity index (χ0n) is 11.5. The summed E-state index contributed by atoms with van der Waals surface area (Å²) in [5, 5.41) is 0. The number of amides is 1. The number of hydrogen-bond acceptors (Lipinski definition) is 3. The summed E-state index contributed by atoms with van der Waals surface area (Å²) in [5.41, 5.74) is 6.81. The highest BCUT2D eigenvalue weighted by Gasteiger charge is 2.27. The van der Waals surface area contributed by atoms with Crippen molar-refractivity contribution in [3.05, 3.63) is 29.8 Å². The smallest absolute Gasteiger partial charge is 0.260 e. The van der Waals surface area contributed by atoms with Crippen LogP contribution in [0.4, 0.5) is 0 Å². The van der Waals surface area contributed by atoms with E-state index >= 15 is 0 Å². The Morgan fingerprint density at radius 1 is 1.47 bits per heavy atom. The van der Waals surface area contributed by atoms with Gasteiger partial charge in [0.05, 0.1) is 0 Å². The molecule has 1 aromatic rings. The number of para-hydroxylation sites is 1. The molecule has 4 nitrogen and oxygen atoms in total. The summed E-state index contributed by atoms with van der Waals surface area (Å²) in [5.74, 6) is 0.848. The second kappa shape index (κ2) is 6.57. The van der Waals surface area contributed by atoms with Gasteiger partial charge in [0, 0.05) is 19.1 Å². The van der Waals surface area contributed by atoms with Gasteiger partial charge in [0.1, 0.15) is 5.75 Å². The van der Waals surface area contributed by atoms with Crippen molar-refractivity contribution in [1.82, 2.24) is 4.90 Å². The molecule has 0 saturated carbocycles. The number of carbonyl (C=O) groups excluding carboxylic acids is 1. The average Bonchev–Trinajstić information content (AvgIpc) is 2.93. The Labute approximate surface area is 114 Å². The molecule has 2 rings (SSSR count). The van der Waals surface area contributed by atoms with Gasteiger partial charge in [-0.1, -0.05) is 25.1 Å². The number of benzene rings is 1. The summed E-state index contributed by atoms with van der Waals surface area (Å²) in [6, 6.07) is 8.04. The highest BCUT2D eigenvalue weighted by atomic mass is 16.5. The van der Waals surface area contributed by atoms with Crippen LogP contribution in [0.2, 0.25) is 0 Å². The number of rotatable bonds is 5. The van der Waals surface area contributed by atoms with Crippen LogP contribution in [0.15, 0.2) is 24.3 Å². The number of nitrogens with two attached hydrogens (primary N) is 1. The van der Waals surface area contributed by atoms with Gasteiger partial charge < -0.3 is 15.4 Å². The van der Waals surface area contributed by atoms with E-state index in [9.17, 15) is 4.79 Å². The van der Waals surface area contributed by atoms with Gasteiger partial charge in [0.2, 0.25) is 0 Å². The first-order chi connectivity index (χ1) is 9.26. The lowest BCUT2D eigenvalue weighted by Crippen LogP contribution is -2.42. The lowest BCUT2D eigenvalue weighted by molar-refractivity contribution is -0.134. The van der Waals surface area contributed by atoms with Crippen molar-refractivity contribution in [2.45, 2.75) is 32.2 Å². The normalized spacial score (nSPS) is 18.6. The van der Waals surface area contributed by atoms with Crippen molar-refractivity contribution in [3.63, 3.8) is 0 Å². The fraction of sp³-hybridized carbons (Fsp3) is 0.533. The molecule has 4 heteroatoms. The second-order valence-electron chi connectivity index (χ2n) is 4.87. The fourth-order valence-corrected chi connectivity index (χ4v) is 2.57. The predicted molar refractivity (Wildman–Crippen MR) is 75.1 cm³/mol. The van der Waals surface area contributed by atoms with Crippen LogP contribution in [0.3, 0.4) is 0 Å². The molecule has 0 aromatic heterocycles. The first-order valence-corrected chi connectivity index (χ1v) is 6.96. The third-order valence-electron chi connectivity index (χ3n) is 3.67. The quantitative estimate of drug-likeness (QED) is 0.876. The number of ether oxygens (including phenoxy) is 1. The molecular weight excluding hydrogens is 240 g/mol. The standard InChI is InChI=1S/C15H22N2O2/c1-2-12-6-3-4-8-14(12)19-11-15(18)17-9-5-7-13(17)10-16/h3-4,6,8,13H,2,5,7,9-11,16H2,1H3. The monoisotopic (exact) mass is 262 g/mol. The molecule has 2 N–H and O–H groups in total. The molecule has 1 aromatic carbocycles. The van der Waals surface area contributed by atoms with Crippen molar-refractivity contribution in [1.29, 1.82) is 0 Å². The number of nitrogens with zero attached hydrogens (tertiary/aromatic N) is 1. The van der Waals surface area contributed by atoms with E-state index in [1.807, 2.05) is 29.2 Å². The van der Waals surface area contributed by atoms with E-state index in [-0.39, 0.29) is 18.6 Å². The van der Waals surface area contributed by atoms with Crippen molar-refractivity contribution >= 4 is 5.91 Å². The minimum atomic E-state index is 0.0406. The van der Waals surface area contributed by atoms with Crippen LogP contribution >= 0.6 is 0 Å². The molecule has 1 aliphatic rings. The largest absolute Gasteiger partial charge is 0.483 e. The van der Waals surface area contributed by atoms with Crippen LogP contribution in [0.1, 0.15) is 25.3 Å². The van der Waals surface area contributed by atoms with Gasteiger partial charge in [0.15, 0.2) is 6.61 Å². The van der Waals surface area contributed by atoms with E-state index in [2.05, 4.69) is 6.92 Å². The van der Waals surface area contributed by atoms with Crippen molar-refractivity contribution in [2.24, 2.45) is 5.73 Å². The first-order valence-electron chi connectivity index (χ1n) is 6.96. The van der Waals surface area contributed by atoms with E-state index < -0.39 is 0 Å². The van der Waals surface area contributed by atoms with Crippen LogP contribution in [-0.2, 0) is 11.2 Å². The Kier molecular flexibility index (Phi) is 4.80. The van der Waals surface area contributed by atoms with E-state index in [1.54, 1.807) is 0 Å². The zero-order valence-corrected chi connectivity index (χ0v) is 11.5. The Morgan fingerprint density at radius 3 is 3.00 bits per heavy atom. The van der Waals surface area contributed by atoms with Crippen molar-refractivity contribution < 1.29 is 9.53 Å². The van der Waals surface area contributed by atoms with Crippen LogP contribution in [0.5, 0.6) is 5.75 Å². The molecule has 0 radical (unpaired) electrons. The van der Waals surface area contributed by atoms with Gasteiger partial charge in [-0.05, 0) is 30.9 Å². The summed E-state index contributed by atoms with van der Waals surface area (Å²) >= 11 is 0. The minimum absolute atomic E-state index is 0.0406. The van der Waals surface area contributed by atoms with Crippen LogP contribution in [0, 0.1) is 0 Å². The number of hydrogen-bond donors (Lipinski definition) is 1. The summed E-state index contributed by atoms with van der Waals surface area (Å²) in [4.78, 5) is 14.0. The average molecular weight is 262 g/mol. The molecule has 1 fully saturated rings. The molecule has 0 aliphatic carbocycles. The fourth-order valence-electron chi connectivity index (χ4n) is 2.57. The maximum absolute atomic E-state index is 12.1. The molecule has 1 atom stereocenters. The maximum atomic E-state index is 12.1. The molecule has 1 heterocycles. The number of aryl methyl sites for hydroxylation is 1. The van der Waals surface area contributed by atoms with Crippen LogP contribution in [-0.4, -0.2) is 36.5 Å². The van der Waals surface area contributed by atoms with Crippen LogP contribution in [0.25, 0.3) is 0 Å². The molecule has 1 unspecified atom stereocenters. The molecular formula is C15H22N2O2. The molecule has 1 aliphatic heterocycles. The van der Waals surface area contributed by atoms with Gasteiger partial charge in [-0.25, -0.2) is 0 Å². The van der Waals surface area contributed by atoms with Crippen molar-refractivity contribution in [2.75, 3.05) is 19.7 Å². The molecule has 0 bridgehead atoms. The molecule has 1 amide bonds. The topological polar surface area (TPSA) is 55.6 Å². The lowest BCUT2D eigenvalue weighted by Gasteiger charge is -2.23. The highest BCUT2D eigenvalue weighted by molar-refractivity contribution is 5.78. The Bertz CT molecular complexity index is 434. The van der Waals surface area contributed by atoms with Gasteiger partial charge in [-0.2, -0.15) is 0 Å². The highest BCUT2D eigenvalue weighted by Crippen LogP contribution is 2.20. The Hall–Kier alpha value is -1.55. The number of carbonyl (C=O) groups is 1. The minimum Gasteiger partial charge on any atom is -0.483 e. The van der Waals surface area contributed by atoms with E-state index in [0.717, 1.165) is 37.1 Å². The van der Waals surface area contributed by atoms with E-state index in [0.29, 0.717) is 6.54 Å².